The van der Waals surface area contributed by atoms with Crippen LogP contribution >= 0.6 is 11.6 Å². The maximum Gasteiger partial charge on any atom is 0.231 e. The van der Waals surface area contributed by atoms with Crippen LogP contribution in [0.4, 0.5) is 5.69 Å². The zero-order valence-corrected chi connectivity index (χ0v) is 12.3. The summed E-state index contributed by atoms with van der Waals surface area (Å²) in [6, 6.07) is 5.57. The number of hydrogen-bond donors (Lipinski definition) is 1. The van der Waals surface area contributed by atoms with E-state index in [2.05, 4.69) is 20.8 Å². The van der Waals surface area contributed by atoms with E-state index in [0.717, 1.165) is 11.3 Å². The van der Waals surface area contributed by atoms with Crippen LogP contribution in [0, 0.1) is 12.3 Å². The molecule has 0 fully saturated rings. The fraction of sp³-hybridized carbons (Fsp3) is 0.385. The molecule has 0 atom stereocenters. The highest BCUT2D eigenvalue weighted by Gasteiger charge is 2.26. The molecule has 0 aliphatic heterocycles. The zero-order valence-electron chi connectivity index (χ0n) is 11.6. The zero-order chi connectivity index (χ0) is 14.8. The number of nitrogens with one attached hydrogen (secondary N) is 1. The first-order valence-corrected chi connectivity index (χ1v) is 6.69. The number of benzene rings is 1. The van der Waals surface area contributed by atoms with E-state index in [9.17, 15) is 4.79 Å². The Morgan fingerprint density at radius 3 is 2.80 bits per heavy atom. The number of alkyl halides is 1. The molecule has 1 heterocycles. The summed E-state index contributed by atoms with van der Waals surface area (Å²) in [5.41, 5.74) is 1.88. The van der Waals surface area contributed by atoms with E-state index in [-0.39, 0.29) is 11.8 Å². The second-order valence-electron chi connectivity index (χ2n) is 5.23. The monoisotopic (exact) mass is 293 g/mol. The third kappa shape index (κ3) is 2.96. The molecule has 0 saturated heterocycles. The van der Waals surface area contributed by atoms with Gasteiger partial charge in [-0.3, -0.25) is 4.79 Å². The SMILES string of the molecule is Cc1ccc(NC(=O)C(C)(C)CCl)cc1-n1cnnn1. The maximum atomic E-state index is 12.1. The maximum absolute atomic E-state index is 12.1. The molecular weight excluding hydrogens is 278 g/mol. The molecule has 106 valence electrons. The number of aryl methyl sites for hydroxylation is 1. The minimum atomic E-state index is -0.624. The average molecular weight is 294 g/mol. The van der Waals surface area contributed by atoms with E-state index in [1.807, 2.05) is 25.1 Å². The number of carbonyl (C=O) groups excluding carboxylic acids is 1. The van der Waals surface area contributed by atoms with Crippen molar-refractivity contribution in [1.82, 2.24) is 20.2 Å². The molecule has 0 aliphatic carbocycles. The van der Waals surface area contributed by atoms with E-state index in [1.165, 1.54) is 6.33 Å². The topological polar surface area (TPSA) is 72.7 Å². The number of halogens is 1. The highest BCUT2D eigenvalue weighted by molar-refractivity contribution is 6.20. The molecule has 0 saturated carbocycles. The lowest BCUT2D eigenvalue weighted by Gasteiger charge is -2.20. The van der Waals surface area contributed by atoms with Crippen molar-refractivity contribution in [3.05, 3.63) is 30.1 Å². The van der Waals surface area contributed by atoms with Gasteiger partial charge < -0.3 is 5.32 Å². The molecule has 2 rings (SSSR count). The van der Waals surface area contributed by atoms with Crippen molar-refractivity contribution >= 4 is 23.2 Å². The van der Waals surface area contributed by atoms with E-state index >= 15 is 0 Å². The van der Waals surface area contributed by atoms with Gasteiger partial charge in [-0.2, -0.15) is 0 Å². The Kier molecular flexibility index (Phi) is 4.04. The van der Waals surface area contributed by atoms with Gasteiger partial charge in [0.1, 0.15) is 6.33 Å². The second-order valence-corrected chi connectivity index (χ2v) is 5.49. The molecule has 2 aromatic rings. The quantitative estimate of drug-likeness (QED) is 0.877. The van der Waals surface area contributed by atoms with Crippen LogP contribution < -0.4 is 5.32 Å². The molecule has 6 nitrogen and oxygen atoms in total. The summed E-state index contributed by atoms with van der Waals surface area (Å²) in [6.45, 7) is 5.54. The molecule has 0 aliphatic rings. The summed E-state index contributed by atoms with van der Waals surface area (Å²) < 4.78 is 1.55. The predicted octanol–water partition coefficient (Wildman–Crippen LogP) is 2.17. The number of rotatable bonds is 4. The van der Waals surface area contributed by atoms with E-state index in [0.29, 0.717) is 5.69 Å². The Morgan fingerprint density at radius 2 is 2.20 bits per heavy atom. The second kappa shape index (κ2) is 5.58. The highest BCUT2D eigenvalue weighted by Crippen LogP contribution is 2.22. The Bertz CT molecular complexity index is 609. The molecule has 1 amide bonds. The van der Waals surface area contributed by atoms with Gasteiger partial charge in [0.2, 0.25) is 5.91 Å². The predicted molar refractivity (Wildman–Crippen MR) is 77.0 cm³/mol. The molecule has 0 spiro atoms. The molecule has 0 unspecified atom stereocenters. The Hall–Kier alpha value is -1.95. The summed E-state index contributed by atoms with van der Waals surface area (Å²) in [5.74, 6) is 0.129. The van der Waals surface area contributed by atoms with E-state index < -0.39 is 5.41 Å². The number of tetrazole rings is 1. The molecule has 1 aromatic heterocycles. The fourth-order valence-corrected chi connectivity index (χ4v) is 1.69. The first-order valence-electron chi connectivity index (χ1n) is 6.15. The van der Waals surface area contributed by atoms with Gasteiger partial charge in [0.05, 0.1) is 11.1 Å². The van der Waals surface area contributed by atoms with Gasteiger partial charge in [-0.1, -0.05) is 6.07 Å². The number of amides is 1. The number of carbonyl (C=O) groups is 1. The summed E-state index contributed by atoms with van der Waals surface area (Å²) in [7, 11) is 0. The van der Waals surface area contributed by atoms with Crippen LogP contribution in [0.5, 0.6) is 0 Å². The van der Waals surface area contributed by atoms with Crippen molar-refractivity contribution in [2.45, 2.75) is 20.8 Å². The standard InChI is InChI=1S/C13H16ClN5O/c1-9-4-5-10(16-12(20)13(2,3)7-14)6-11(9)19-8-15-17-18-19/h4-6,8H,7H2,1-3H3,(H,16,20). The van der Waals surface area contributed by atoms with Crippen molar-refractivity contribution in [3.63, 3.8) is 0 Å². The summed E-state index contributed by atoms with van der Waals surface area (Å²) in [6.07, 6.45) is 1.51. The molecule has 0 radical (unpaired) electrons. The van der Waals surface area contributed by atoms with Crippen molar-refractivity contribution in [2.75, 3.05) is 11.2 Å². The third-order valence-corrected chi connectivity index (χ3v) is 3.68. The molecule has 1 aromatic carbocycles. The van der Waals surface area contributed by atoms with Crippen molar-refractivity contribution < 1.29 is 4.79 Å². The molecule has 0 bridgehead atoms. The molecule has 7 heteroatoms. The normalized spacial score (nSPS) is 11.4. The van der Waals surface area contributed by atoms with Crippen LogP contribution in [-0.2, 0) is 4.79 Å². The first-order chi connectivity index (χ1) is 9.44. The lowest BCUT2D eigenvalue weighted by molar-refractivity contribution is -0.122. The van der Waals surface area contributed by atoms with Crippen LogP contribution in [0.25, 0.3) is 5.69 Å². The van der Waals surface area contributed by atoms with Crippen LogP contribution in [-0.4, -0.2) is 32.0 Å². The van der Waals surface area contributed by atoms with Gasteiger partial charge in [-0.15, -0.1) is 16.7 Å². The van der Waals surface area contributed by atoms with Gasteiger partial charge in [-0.25, -0.2) is 4.68 Å². The molecular formula is C13H16ClN5O. The smallest absolute Gasteiger partial charge is 0.231 e. The summed E-state index contributed by atoms with van der Waals surface area (Å²) in [5, 5.41) is 13.9. The van der Waals surface area contributed by atoms with E-state index in [4.69, 9.17) is 11.6 Å². The average Bonchev–Trinajstić information content (AvgIpc) is 2.94. The number of nitrogens with zero attached hydrogens (tertiary/aromatic N) is 4. The highest BCUT2D eigenvalue weighted by atomic mass is 35.5. The number of aromatic nitrogens is 4. The molecule has 20 heavy (non-hydrogen) atoms. The van der Waals surface area contributed by atoms with Gasteiger partial charge in [-0.05, 0) is 48.9 Å². The number of anilines is 1. The summed E-state index contributed by atoms with van der Waals surface area (Å²) >= 11 is 5.80. The fourth-order valence-electron chi connectivity index (χ4n) is 1.57. The molecule has 1 N–H and O–H groups in total. The number of hydrogen-bond acceptors (Lipinski definition) is 4. The van der Waals surface area contributed by atoms with Crippen LogP contribution in [0.3, 0.4) is 0 Å². The van der Waals surface area contributed by atoms with Crippen molar-refractivity contribution in [2.24, 2.45) is 5.41 Å². The van der Waals surface area contributed by atoms with Gasteiger partial charge in [0.15, 0.2) is 0 Å². The van der Waals surface area contributed by atoms with Gasteiger partial charge >= 0.3 is 0 Å². The van der Waals surface area contributed by atoms with Crippen LogP contribution in [0.1, 0.15) is 19.4 Å². The lowest BCUT2D eigenvalue weighted by Crippen LogP contribution is -2.32. The minimum absolute atomic E-state index is 0.126. The Labute approximate surface area is 122 Å². The van der Waals surface area contributed by atoms with Crippen molar-refractivity contribution in [1.29, 1.82) is 0 Å². The Balaban J connectivity index is 2.27. The first kappa shape index (κ1) is 14.5. The Morgan fingerprint density at radius 1 is 1.45 bits per heavy atom. The van der Waals surface area contributed by atoms with Gasteiger partial charge in [0.25, 0.3) is 0 Å². The minimum Gasteiger partial charge on any atom is -0.326 e. The summed E-state index contributed by atoms with van der Waals surface area (Å²) in [4.78, 5) is 12.1. The largest absolute Gasteiger partial charge is 0.326 e. The lowest BCUT2D eigenvalue weighted by atomic mass is 9.95. The van der Waals surface area contributed by atoms with Crippen molar-refractivity contribution in [3.8, 4) is 5.69 Å². The van der Waals surface area contributed by atoms with Gasteiger partial charge in [0, 0.05) is 11.6 Å². The van der Waals surface area contributed by atoms with Crippen LogP contribution in [0.15, 0.2) is 24.5 Å². The van der Waals surface area contributed by atoms with Crippen LogP contribution in [0.2, 0.25) is 0 Å². The third-order valence-electron chi connectivity index (χ3n) is 3.01. The van der Waals surface area contributed by atoms with E-state index in [1.54, 1.807) is 18.5 Å².